The van der Waals surface area contributed by atoms with Crippen LogP contribution in [0.25, 0.3) is 5.69 Å². The highest BCUT2D eigenvalue weighted by molar-refractivity contribution is 7.99. The second-order valence-corrected chi connectivity index (χ2v) is 7.61. The highest BCUT2D eigenvalue weighted by atomic mass is 32.2. The molecule has 0 saturated carbocycles. The third-order valence-electron chi connectivity index (χ3n) is 3.97. The minimum Gasteiger partial charge on any atom is -0.323 e. The van der Waals surface area contributed by atoms with Crippen molar-refractivity contribution in [2.45, 2.75) is 26.0 Å². The average molecular weight is 348 g/mol. The molecule has 0 unspecified atom stereocenters. The van der Waals surface area contributed by atoms with Gasteiger partial charge in [0.25, 0.3) is 0 Å². The highest BCUT2D eigenvalue weighted by Gasteiger charge is 2.21. The first-order valence-electron chi connectivity index (χ1n) is 7.95. The number of thioether (sulfide) groups is 1. The maximum absolute atomic E-state index is 14.5. The summed E-state index contributed by atoms with van der Waals surface area (Å²) in [4.78, 5) is 14.1. The molecular formula is C17H21FN4OS. The number of benzene rings is 1. The van der Waals surface area contributed by atoms with Crippen molar-refractivity contribution in [2.75, 3.05) is 24.2 Å². The lowest BCUT2D eigenvalue weighted by atomic mass is 10.2. The van der Waals surface area contributed by atoms with Gasteiger partial charge in [-0.3, -0.25) is 0 Å². The van der Waals surface area contributed by atoms with Crippen LogP contribution in [0.1, 0.15) is 18.3 Å². The van der Waals surface area contributed by atoms with Crippen LogP contribution in [0.5, 0.6) is 0 Å². The largest absolute Gasteiger partial charge is 0.323 e. The summed E-state index contributed by atoms with van der Waals surface area (Å²) in [6.45, 7) is 7.28. The number of halogens is 1. The van der Waals surface area contributed by atoms with Crippen molar-refractivity contribution in [3.8, 4) is 5.69 Å². The third kappa shape index (κ3) is 3.56. The van der Waals surface area contributed by atoms with Gasteiger partial charge in [0, 0.05) is 35.5 Å². The van der Waals surface area contributed by atoms with E-state index in [1.54, 1.807) is 21.7 Å². The van der Waals surface area contributed by atoms with E-state index >= 15 is 0 Å². The zero-order valence-corrected chi connectivity index (χ0v) is 14.9. The number of hydrogen-bond acceptors (Lipinski definition) is 3. The maximum atomic E-state index is 14.5. The van der Waals surface area contributed by atoms with Gasteiger partial charge in [-0.25, -0.2) is 13.9 Å². The molecule has 3 rings (SSSR count). The first-order valence-corrected chi connectivity index (χ1v) is 8.99. The smallest absolute Gasteiger partial charge is 0.321 e. The number of hydrogen-bond donors (Lipinski definition) is 1. The van der Waals surface area contributed by atoms with Crippen LogP contribution in [-0.2, 0) is 0 Å². The van der Waals surface area contributed by atoms with E-state index in [0.717, 1.165) is 17.1 Å². The van der Waals surface area contributed by atoms with Crippen LogP contribution >= 0.6 is 11.8 Å². The second kappa shape index (κ2) is 6.84. The van der Waals surface area contributed by atoms with Crippen molar-refractivity contribution >= 4 is 23.5 Å². The van der Waals surface area contributed by atoms with Crippen molar-refractivity contribution in [3.63, 3.8) is 0 Å². The molecular weight excluding hydrogens is 327 g/mol. The van der Waals surface area contributed by atoms with Gasteiger partial charge in [-0.1, -0.05) is 6.92 Å². The standard InChI is InChI=1S/C17H21FN4OS/c1-11-8-12(2)22(20-11)16-5-4-14(9-15(16)18)19-17(23)21-6-7-24-13(3)10-21/h4-5,8-9,13H,6-7,10H2,1-3H3,(H,19,23)/t13-/m1/s1. The van der Waals surface area contributed by atoms with E-state index in [0.29, 0.717) is 29.7 Å². The quantitative estimate of drug-likeness (QED) is 0.902. The van der Waals surface area contributed by atoms with E-state index in [4.69, 9.17) is 0 Å². The Hall–Kier alpha value is -2.02. The lowest BCUT2D eigenvalue weighted by molar-refractivity contribution is 0.214. The van der Waals surface area contributed by atoms with E-state index < -0.39 is 5.82 Å². The van der Waals surface area contributed by atoms with Gasteiger partial charge in [0.2, 0.25) is 0 Å². The first-order chi connectivity index (χ1) is 11.4. The molecule has 1 aliphatic heterocycles. The molecule has 1 fully saturated rings. The molecule has 1 N–H and O–H groups in total. The molecule has 7 heteroatoms. The molecule has 2 heterocycles. The topological polar surface area (TPSA) is 50.2 Å². The van der Waals surface area contributed by atoms with Gasteiger partial charge in [-0.2, -0.15) is 16.9 Å². The van der Waals surface area contributed by atoms with Crippen LogP contribution in [-0.4, -0.2) is 44.8 Å². The SMILES string of the molecule is Cc1cc(C)n(-c2ccc(NC(=O)N3CCS[C@H](C)C3)cc2F)n1. The fourth-order valence-electron chi connectivity index (χ4n) is 2.83. The monoisotopic (exact) mass is 348 g/mol. The molecule has 1 aromatic carbocycles. The lowest BCUT2D eigenvalue weighted by Gasteiger charge is -2.30. The Morgan fingerprint density at radius 1 is 1.38 bits per heavy atom. The van der Waals surface area contributed by atoms with Gasteiger partial charge < -0.3 is 10.2 Å². The van der Waals surface area contributed by atoms with Gasteiger partial charge in [0.1, 0.15) is 5.69 Å². The van der Waals surface area contributed by atoms with Crippen LogP contribution in [0, 0.1) is 19.7 Å². The number of aryl methyl sites for hydroxylation is 2. The molecule has 1 atom stereocenters. The van der Waals surface area contributed by atoms with E-state index in [1.807, 2.05) is 31.7 Å². The fourth-order valence-corrected chi connectivity index (χ4v) is 3.85. The van der Waals surface area contributed by atoms with Gasteiger partial charge in [-0.15, -0.1) is 0 Å². The second-order valence-electron chi connectivity index (χ2n) is 6.06. The Kier molecular flexibility index (Phi) is 4.80. The van der Waals surface area contributed by atoms with Crippen LogP contribution in [0.15, 0.2) is 24.3 Å². The molecule has 1 aliphatic rings. The number of aromatic nitrogens is 2. The van der Waals surface area contributed by atoms with Crippen LogP contribution in [0.3, 0.4) is 0 Å². The van der Waals surface area contributed by atoms with Gasteiger partial charge in [0.05, 0.1) is 5.69 Å². The first kappa shape index (κ1) is 16.8. The minimum absolute atomic E-state index is 0.180. The van der Waals surface area contributed by atoms with E-state index in [9.17, 15) is 9.18 Å². The minimum atomic E-state index is -0.415. The summed E-state index contributed by atoms with van der Waals surface area (Å²) >= 11 is 1.86. The maximum Gasteiger partial charge on any atom is 0.321 e. The van der Waals surface area contributed by atoms with Crippen LogP contribution in [0.2, 0.25) is 0 Å². The van der Waals surface area contributed by atoms with Crippen LogP contribution < -0.4 is 5.32 Å². The van der Waals surface area contributed by atoms with Crippen molar-refractivity contribution in [1.29, 1.82) is 0 Å². The molecule has 0 spiro atoms. The molecule has 5 nitrogen and oxygen atoms in total. The molecule has 128 valence electrons. The summed E-state index contributed by atoms with van der Waals surface area (Å²) in [5.74, 6) is 0.515. The predicted molar refractivity (Wildman–Crippen MR) is 95.5 cm³/mol. The Morgan fingerprint density at radius 3 is 2.79 bits per heavy atom. The van der Waals surface area contributed by atoms with E-state index in [1.165, 1.54) is 6.07 Å². The molecule has 1 saturated heterocycles. The summed E-state index contributed by atoms with van der Waals surface area (Å²) in [7, 11) is 0. The lowest BCUT2D eigenvalue weighted by Crippen LogP contribution is -2.43. The highest BCUT2D eigenvalue weighted by Crippen LogP contribution is 2.22. The van der Waals surface area contributed by atoms with Crippen LogP contribution in [0.4, 0.5) is 14.9 Å². The van der Waals surface area contributed by atoms with Crippen molar-refractivity contribution < 1.29 is 9.18 Å². The zero-order chi connectivity index (χ0) is 17.3. The summed E-state index contributed by atoms with van der Waals surface area (Å²) in [6, 6.07) is 6.39. The third-order valence-corrected chi connectivity index (χ3v) is 5.10. The average Bonchev–Trinajstić information content (AvgIpc) is 2.86. The Balaban J connectivity index is 1.75. The molecule has 24 heavy (non-hydrogen) atoms. The summed E-state index contributed by atoms with van der Waals surface area (Å²) in [6.07, 6.45) is 0. The molecule has 1 aromatic heterocycles. The molecule has 0 bridgehead atoms. The number of urea groups is 1. The zero-order valence-electron chi connectivity index (χ0n) is 14.0. The Bertz CT molecular complexity index is 761. The van der Waals surface area contributed by atoms with Gasteiger partial charge in [-0.05, 0) is 38.1 Å². The fraction of sp³-hybridized carbons (Fsp3) is 0.412. The number of carbonyl (C=O) groups excluding carboxylic acids is 1. The van der Waals surface area contributed by atoms with E-state index in [-0.39, 0.29) is 6.03 Å². The number of anilines is 1. The number of nitrogens with zero attached hydrogens (tertiary/aromatic N) is 3. The van der Waals surface area contributed by atoms with Crippen molar-refractivity contribution in [3.05, 3.63) is 41.5 Å². The summed E-state index contributed by atoms with van der Waals surface area (Å²) in [5.41, 5.74) is 2.53. The summed E-state index contributed by atoms with van der Waals surface area (Å²) < 4.78 is 16.0. The van der Waals surface area contributed by atoms with Crippen molar-refractivity contribution in [2.24, 2.45) is 0 Å². The predicted octanol–water partition coefficient (Wildman–Crippen LogP) is 3.60. The molecule has 2 amide bonds. The molecule has 0 aliphatic carbocycles. The molecule has 0 radical (unpaired) electrons. The summed E-state index contributed by atoms with van der Waals surface area (Å²) in [5, 5.41) is 7.50. The number of carbonyl (C=O) groups is 1. The Labute approximate surface area is 145 Å². The number of nitrogens with one attached hydrogen (secondary N) is 1. The number of amides is 2. The normalized spacial score (nSPS) is 17.8. The van der Waals surface area contributed by atoms with E-state index in [2.05, 4.69) is 17.3 Å². The van der Waals surface area contributed by atoms with Crippen molar-refractivity contribution in [1.82, 2.24) is 14.7 Å². The van der Waals surface area contributed by atoms with Gasteiger partial charge >= 0.3 is 6.03 Å². The van der Waals surface area contributed by atoms with Gasteiger partial charge in [0.15, 0.2) is 5.82 Å². The molecule has 2 aromatic rings. The number of rotatable bonds is 2. The Morgan fingerprint density at radius 2 is 2.17 bits per heavy atom.